The van der Waals surface area contributed by atoms with Gasteiger partial charge in [0.05, 0.1) is 17.1 Å². The van der Waals surface area contributed by atoms with E-state index >= 15 is 0 Å². The summed E-state index contributed by atoms with van der Waals surface area (Å²) in [5, 5.41) is 20.9. The Kier molecular flexibility index (Phi) is 3.88. The molecule has 7 nitrogen and oxygen atoms in total. The molecule has 0 spiro atoms. The zero-order chi connectivity index (χ0) is 17.5. The summed E-state index contributed by atoms with van der Waals surface area (Å²) >= 11 is 0. The van der Waals surface area contributed by atoms with Gasteiger partial charge in [0.1, 0.15) is 22.9 Å². The number of aliphatic hydroxyl groups is 1. The zero-order valence-corrected chi connectivity index (χ0v) is 13.4. The third kappa shape index (κ3) is 2.78. The third-order valence-corrected chi connectivity index (χ3v) is 4.12. The zero-order valence-electron chi connectivity index (χ0n) is 13.4. The first-order valence-corrected chi connectivity index (χ1v) is 7.55. The van der Waals surface area contributed by atoms with E-state index in [1.54, 1.807) is 13.8 Å². The number of nitro benzene ring substituents is 1. The van der Waals surface area contributed by atoms with Gasteiger partial charge in [-0.2, -0.15) is 0 Å². The number of nitro groups is 1. The van der Waals surface area contributed by atoms with Crippen LogP contribution in [0, 0.1) is 10.1 Å². The van der Waals surface area contributed by atoms with Gasteiger partial charge in [-0.25, -0.2) is 0 Å². The van der Waals surface area contributed by atoms with Crippen LogP contribution in [0.4, 0.5) is 5.69 Å². The number of benzene rings is 1. The second-order valence-electron chi connectivity index (χ2n) is 6.19. The number of hydrogen-bond donors (Lipinski definition) is 1. The molecule has 24 heavy (non-hydrogen) atoms. The Morgan fingerprint density at radius 1 is 1.38 bits per heavy atom. The molecule has 1 aromatic rings. The fraction of sp³-hybridized carbons (Fsp3) is 0.353. The Morgan fingerprint density at radius 2 is 2.12 bits per heavy atom. The van der Waals surface area contributed by atoms with Crippen LogP contribution < -0.4 is 4.74 Å². The van der Waals surface area contributed by atoms with E-state index in [-0.39, 0.29) is 18.1 Å². The van der Waals surface area contributed by atoms with Crippen molar-refractivity contribution in [2.24, 2.45) is 0 Å². The molecule has 0 saturated heterocycles. The van der Waals surface area contributed by atoms with Crippen LogP contribution in [0.25, 0.3) is 5.76 Å². The monoisotopic (exact) mass is 331 g/mol. The Labute approximate surface area is 138 Å². The van der Waals surface area contributed by atoms with Gasteiger partial charge in [-0.3, -0.25) is 14.9 Å². The molecular formula is C17H17NO6. The molecule has 1 aromatic carbocycles. The molecule has 126 valence electrons. The van der Waals surface area contributed by atoms with Gasteiger partial charge < -0.3 is 14.6 Å². The van der Waals surface area contributed by atoms with Gasteiger partial charge in [-0.05, 0) is 19.9 Å². The van der Waals surface area contributed by atoms with Crippen LogP contribution in [-0.4, -0.2) is 28.0 Å². The minimum atomic E-state index is -0.837. The molecule has 0 amide bonds. The number of aliphatic hydroxyl groups excluding tert-OH is 1. The summed E-state index contributed by atoms with van der Waals surface area (Å²) < 4.78 is 11.7. The van der Waals surface area contributed by atoms with E-state index in [9.17, 15) is 20.0 Å². The number of nitrogens with zero attached hydrogens (tertiary/aromatic N) is 1. The predicted octanol–water partition coefficient (Wildman–Crippen LogP) is 2.73. The van der Waals surface area contributed by atoms with Crippen LogP contribution in [0.15, 0.2) is 35.6 Å². The average Bonchev–Trinajstić information content (AvgIpc) is 2.91. The largest absolute Gasteiger partial charge is 0.482 e. The first-order chi connectivity index (χ1) is 11.3. The number of carbonyl (C=O) groups is 1. The van der Waals surface area contributed by atoms with E-state index in [1.807, 2.05) is 0 Å². The fourth-order valence-corrected chi connectivity index (χ4v) is 2.83. The molecule has 0 bridgehead atoms. The Balaban J connectivity index is 2.14. The molecule has 0 saturated carbocycles. The molecule has 0 atom stereocenters. The van der Waals surface area contributed by atoms with Gasteiger partial charge in [0, 0.05) is 36.6 Å². The smallest absolute Gasteiger partial charge is 0.270 e. The summed E-state index contributed by atoms with van der Waals surface area (Å²) in [6.45, 7) is 3.23. The summed E-state index contributed by atoms with van der Waals surface area (Å²) in [6.07, 6.45) is 2.26. The van der Waals surface area contributed by atoms with Crippen LogP contribution in [-0.2, 0) is 9.53 Å². The maximum Gasteiger partial charge on any atom is 0.270 e. The van der Waals surface area contributed by atoms with Crippen molar-refractivity contribution in [1.82, 2.24) is 0 Å². The molecule has 1 aliphatic heterocycles. The molecule has 1 N–H and O–H groups in total. The number of carbonyl (C=O) groups excluding carboxylic acids is 1. The standard InChI is InChI=1S/C17H17NO6/c1-17(2)14(9-19)16(23-12-5-4-11(20)8-12)13-7-10(18(21)22)3-6-15(13)24-17/h3,6-8,19H,4-5,9H2,1-2H3. The van der Waals surface area contributed by atoms with Crippen molar-refractivity contribution in [3.8, 4) is 5.75 Å². The molecule has 2 aliphatic rings. The number of hydrogen-bond acceptors (Lipinski definition) is 6. The van der Waals surface area contributed by atoms with Gasteiger partial charge in [0.15, 0.2) is 5.78 Å². The summed E-state index contributed by atoms with van der Waals surface area (Å²) in [7, 11) is 0. The van der Waals surface area contributed by atoms with Gasteiger partial charge in [-0.1, -0.05) is 0 Å². The molecule has 0 unspecified atom stereocenters. The van der Waals surface area contributed by atoms with Crippen LogP contribution in [0.3, 0.4) is 0 Å². The van der Waals surface area contributed by atoms with Crippen molar-refractivity contribution in [3.05, 3.63) is 51.3 Å². The fourth-order valence-electron chi connectivity index (χ4n) is 2.83. The summed E-state index contributed by atoms with van der Waals surface area (Å²) in [5.41, 5.74) is -0.0772. The van der Waals surface area contributed by atoms with E-state index in [4.69, 9.17) is 9.47 Å². The maximum absolute atomic E-state index is 11.4. The Bertz CT molecular complexity index is 790. The highest BCUT2D eigenvalue weighted by Crippen LogP contribution is 2.44. The molecule has 3 rings (SSSR count). The molecule has 1 heterocycles. The van der Waals surface area contributed by atoms with Crippen molar-refractivity contribution >= 4 is 17.2 Å². The van der Waals surface area contributed by atoms with Gasteiger partial charge in [0.25, 0.3) is 5.69 Å². The minimum Gasteiger partial charge on any atom is -0.482 e. The van der Waals surface area contributed by atoms with Crippen molar-refractivity contribution in [3.63, 3.8) is 0 Å². The van der Waals surface area contributed by atoms with E-state index in [2.05, 4.69) is 0 Å². The van der Waals surface area contributed by atoms with E-state index in [1.165, 1.54) is 24.3 Å². The van der Waals surface area contributed by atoms with Crippen LogP contribution in [0.5, 0.6) is 5.75 Å². The van der Waals surface area contributed by atoms with Crippen molar-refractivity contribution < 1.29 is 24.3 Å². The predicted molar refractivity (Wildman–Crippen MR) is 85.2 cm³/mol. The maximum atomic E-state index is 11.4. The number of ketones is 1. The van der Waals surface area contributed by atoms with E-state index in [0.29, 0.717) is 41.2 Å². The van der Waals surface area contributed by atoms with Crippen molar-refractivity contribution in [2.45, 2.75) is 32.3 Å². The molecule has 0 radical (unpaired) electrons. The number of rotatable bonds is 4. The van der Waals surface area contributed by atoms with Crippen LogP contribution in [0.2, 0.25) is 0 Å². The Morgan fingerprint density at radius 3 is 2.71 bits per heavy atom. The van der Waals surface area contributed by atoms with Gasteiger partial charge >= 0.3 is 0 Å². The lowest BCUT2D eigenvalue weighted by Crippen LogP contribution is -2.36. The topological polar surface area (TPSA) is 98.9 Å². The number of ether oxygens (including phenoxy) is 2. The minimum absolute atomic E-state index is 0.0262. The normalized spacial score (nSPS) is 18.8. The first kappa shape index (κ1) is 16.2. The summed E-state index contributed by atoms with van der Waals surface area (Å²) in [6, 6.07) is 4.22. The lowest BCUT2D eigenvalue weighted by Gasteiger charge is -2.35. The van der Waals surface area contributed by atoms with E-state index < -0.39 is 10.5 Å². The molecule has 7 heteroatoms. The summed E-state index contributed by atoms with van der Waals surface area (Å²) in [4.78, 5) is 22.0. The third-order valence-electron chi connectivity index (χ3n) is 4.12. The molecule has 0 fully saturated rings. The van der Waals surface area contributed by atoms with Crippen LogP contribution in [0.1, 0.15) is 32.3 Å². The Hall–Kier alpha value is -2.67. The summed E-state index contributed by atoms with van der Waals surface area (Å²) in [5.74, 6) is 1.20. The second kappa shape index (κ2) is 5.76. The van der Waals surface area contributed by atoms with Crippen molar-refractivity contribution in [2.75, 3.05) is 6.61 Å². The highest BCUT2D eigenvalue weighted by Gasteiger charge is 2.37. The highest BCUT2D eigenvalue weighted by atomic mass is 16.6. The van der Waals surface area contributed by atoms with Crippen LogP contribution >= 0.6 is 0 Å². The first-order valence-electron chi connectivity index (χ1n) is 7.55. The molecular weight excluding hydrogens is 314 g/mol. The number of fused-ring (bicyclic) bond motifs is 1. The van der Waals surface area contributed by atoms with E-state index in [0.717, 1.165) is 0 Å². The van der Waals surface area contributed by atoms with Gasteiger partial charge in [0.2, 0.25) is 0 Å². The average molecular weight is 331 g/mol. The number of allylic oxidation sites excluding steroid dienone is 2. The van der Waals surface area contributed by atoms with Gasteiger partial charge in [-0.15, -0.1) is 0 Å². The quantitative estimate of drug-likeness (QED) is 0.673. The lowest BCUT2D eigenvalue weighted by molar-refractivity contribution is -0.384. The molecule has 0 aromatic heterocycles. The van der Waals surface area contributed by atoms with Crippen molar-refractivity contribution in [1.29, 1.82) is 0 Å². The lowest BCUT2D eigenvalue weighted by atomic mass is 9.91. The number of non-ortho nitro benzene ring substituents is 1. The SMILES string of the molecule is CC1(C)Oc2ccc([N+](=O)[O-])cc2C(OC2=CC(=O)CC2)=C1CO. The second-order valence-corrected chi connectivity index (χ2v) is 6.19. The highest BCUT2D eigenvalue weighted by molar-refractivity contribution is 5.92. The molecule has 1 aliphatic carbocycles.